The molecule has 2 amide bonds. The average Bonchev–Trinajstić information content (AvgIpc) is 2.74. The molecule has 10 heteroatoms. The Bertz CT molecular complexity index is 1170. The summed E-state index contributed by atoms with van der Waals surface area (Å²) >= 11 is 0.957. The number of carbonyl (C=O) groups excluding carboxylic acids is 2. The standard InChI is InChI=1S/C21H20FN5O3S/c1-12(2)19(29)24-15-9-5-3-7-13(15)18-20(30)25-21(27-26-18)31-11-17(28)23-16-10-6-4-8-14(16)22/h3-10,12H,11H2,1-2H3,(H,23,28)(H,24,29)(H,25,27,30). The summed E-state index contributed by atoms with van der Waals surface area (Å²) in [5.41, 5.74) is 0.478. The number of hydrogen-bond acceptors (Lipinski definition) is 6. The highest BCUT2D eigenvalue weighted by molar-refractivity contribution is 7.99. The number of H-pyrrole nitrogens is 1. The highest BCUT2D eigenvalue weighted by Crippen LogP contribution is 2.24. The molecule has 3 rings (SSSR count). The Labute approximate surface area is 181 Å². The quantitative estimate of drug-likeness (QED) is 0.485. The minimum Gasteiger partial charge on any atom is -0.325 e. The van der Waals surface area contributed by atoms with Crippen LogP contribution in [0.25, 0.3) is 11.3 Å². The van der Waals surface area contributed by atoms with Crippen molar-refractivity contribution in [2.24, 2.45) is 5.92 Å². The molecule has 0 aliphatic carbocycles. The third-order valence-electron chi connectivity index (χ3n) is 4.13. The Morgan fingerprint density at radius 1 is 1.03 bits per heavy atom. The zero-order valence-corrected chi connectivity index (χ0v) is 17.6. The Morgan fingerprint density at radius 2 is 1.71 bits per heavy atom. The van der Waals surface area contributed by atoms with Crippen molar-refractivity contribution in [3.05, 3.63) is 64.7 Å². The van der Waals surface area contributed by atoms with E-state index in [0.29, 0.717) is 11.3 Å². The van der Waals surface area contributed by atoms with Crippen molar-refractivity contribution in [3.8, 4) is 11.3 Å². The van der Waals surface area contributed by atoms with Crippen LogP contribution in [0.1, 0.15) is 13.8 Å². The maximum absolute atomic E-state index is 13.6. The van der Waals surface area contributed by atoms with E-state index in [9.17, 15) is 18.8 Å². The number of carbonyl (C=O) groups is 2. The van der Waals surface area contributed by atoms with Crippen LogP contribution in [0, 0.1) is 11.7 Å². The number of amides is 2. The molecule has 3 aromatic rings. The van der Waals surface area contributed by atoms with Gasteiger partial charge in [0, 0.05) is 11.5 Å². The molecule has 0 fully saturated rings. The molecule has 31 heavy (non-hydrogen) atoms. The predicted octanol–water partition coefficient (Wildman–Crippen LogP) is 3.30. The fourth-order valence-corrected chi connectivity index (χ4v) is 3.13. The van der Waals surface area contributed by atoms with E-state index in [0.717, 1.165) is 11.8 Å². The molecule has 1 heterocycles. The van der Waals surface area contributed by atoms with Crippen LogP contribution in [0.15, 0.2) is 58.5 Å². The number of benzene rings is 2. The molecule has 0 aliphatic rings. The van der Waals surface area contributed by atoms with Gasteiger partial charge in [0.2, 0.25) is 11.8 Å². The number of aromatic amines is 1. The molecule has 0 saturated carbocycles. The number of rotatable bonds is 7. The second-order valence-corrected chi connectivity index (χ2v) is 7.78. The number of aromatic nitrogens is 3. The van der Waals surface area contributed by atoms with Crippen LogP contribution in [-0.2, 0) is 9.59 Å². The maximum atomic E-state index is 13.6. The third kappa shape index (κ3) is 5.76. The summed E-state index contributed by atoms with van der Waals surface area (Å²) in [4.78, 5) is 39.2. The van der Waals surface area contributed by atoms with Crippen molar-refractivity contribution >= 4 is 35.0 Å². The highest BCUT2D eigenvalue weighted by Gasteiger charge is 2.16. The lowest BCUT2D eigenvalue weighted by Gasteiger charge is -2.11. The van der Waals surface area contributed by atoms with Crippen LogP contribution in [0.4, 0.5) is 15.8 Å². The van der Waals surface area contributed by atoms with Gasteiger partial charge in [0.1, 0.15) is 5.82 Å². The SMILES string of the molecule is CC(C)C(=O)Nc1ccccc1-c1nnc(SCC(=O)Nc2ccccc2F)[nH]c1=O. The molecule has 0 aliphatic heterocycles. The van der Waals surface area contributed by atoms with Gasteiger partial charge in [-0.3, -0.25) is 19.4 Å². The van der Waals surface area contributed by atoms with Crippen LogP contribution in [0.5, 0.6) is 0 Å². The molecule has 2 aromatic carbocycles. The second-order valence-electron chi connectivity index (χ2n) is 6.81. The summed E-state index contributed by atoms with van der Waals surface area (Å²) in [7, 11) is 0. The van der Waals surface area contributed by atoms with Crippen molar-refractivity contribution in [1.82, 2.24) is 15.2 Å². The van der Waals surface area contributed by atoms with E-state index in [1.165, 1.54) is 18.2 Å². The first-order valence-electron chi connectivity index (χ1n) is 9.39. The van der Waals surface area contributed by atoms with Gasteiger partial charge >= 0.3 is 0 Å². The Kier molecular flexibility index (Phi) is 7.14. The van der Waals surface area contributed by atoms with Gasteiger partial charge in [-0.15, -0.1) is 10.2 Å². The van der Waals surface area contributed by atoms with Crippen molar-refractivity contribution in [2.45, 2.75) is 19.0 Å². The van der Waals surface area contributed by atoms with Crippen molar-refractivity contribution < 1.29 is 14.0 Å². The van der Waals surface area contributed by atoms with Crippen LogP contribution < -0.4 is 16.2 Å². The minimum absolute atomic E-state index is 0.0415. The van der Waals surface area contributed by atoms with Crippen molar-refractivity contribution in [3.63, 3.8) is 0 Å². The molecule has 3 N–H and O–H groups in total. The molecular weight excluding hydrogens is 421 g/mol. The molecule has 160 valence electrons. The summed E-state index contributed by atoms with van der Waals surface area (Å²) in [5.74, 6) is -1.51. The molecule has 0 radical (unpaired) electrons. The van der Waals surface area contributed by atoms with Crippen molar-refractivity contribution in [1.29, 1.82) is 0 Å². The van der Waals surface area contributed by atoms with Gasteiger partial charge in [-0.1, -0.05) is 55.9 Å². The fraction of sp³-hybridized carbons (Fsp3) is 0.190. The van der Waals surface area contributed by atoms with Gasteiger partial charge in [-0.25, -0.2) is 4.39 Å². The smallest absolute Gasteiger partial charge is 0.278 e. The molecule has 1 aromatic heterocycles. The van der Waals surface area contributed by atoms with E-state index < -0.39 is 17.3 Å². The topological polar surface area (TPSA) is 117 Å². The number of nitrogens with one attached hydrogen (secondary N) is 3. The lowest BCUT2D eigenvalue weighted by atomic mass is 10.1. The van der Waals surface area contributed by atoms with E-state index in [1.807, 2.05) is 0 Å². The summed E-state index contributed by atoms with van der Waals surface area (Å²) in [6.07, 6.45) is 0. The zero-order chi connectivity index (χ0) is 22.4. The van der Waals surface area contributed by atoms with Gasteiger partial charge in [0.25, 0.3) is 5.56 Å². The maximum Gasteiger partial charge on any atom is 0.278 e. The van der Waals surface area contributed by atoms with Gasteiger partial charge in [0.15, 0.2) is 10.9 Å². The molecule has 0 saturated heterocycles. The van der Waals surface area contributed by atoms with Crippen LogP contribution in [0.2, 0.25) is 0 Å². The average molecular weight is 441 g/mol. The van der Waals surface area contributed by atoms with Gasteiger partial charge in [-0.2, -0.15) is 0 Å². The summed E-state index contributed by atoms with van der Waals surface area (Å²) < 4.78 is 13.6. The first kappa shape index (κ1) is 22.2. The van der Waals surface area contributed by atoms with Crippen LogP contribution >= 0.6 is 11.8 Å². The van der Waals surface area contributed by atoms with E-state index in [1.54, 1.807) is 44.2 Å². The zero-order valence-electron chi connectivity index (χ0n) is 16.8. The summed E-state index contributed by atoms with van der Waals surface area (Å²) in [6, 6.07) is 12.6. The molecule has 0 unspecified atom stereocenters. The van der Waals surface area contributed by atoms with Gasteiger partial charge in [0.05, 0.1) is 17.1 Å². The Morgan fingerprint density at radius 3 is 2.39 bits per heavy atom. The normalized spacial score (nSPS) is 10.7. The van der Waals surface area contributed by atoms with Crippen molar-refractivity contribution in [2.75, 3.05) is 16.4 Å². The largest absolute Gasteiger partial charge is 0.325 e. The summed E-state index contributed by atoms with van der Waals surface area (Å²) in [6.45, 7) is 3.53. The monoisotopic (exact) mass is 441 g/mol. The number of nitrogens with zero attached hydrogens (tertiary/aromatic N) is 2. The number of anilines is 2. The summed E-state index contributed by atoms with van der Waals surface area (Å²) in [5, 5.41) is 13.3. The lowest BCUT2D eigenvalue weighted by molar-refractivity contribution is -0.119. The Balaban J connectivity index is 1.71. The minimum atomic E-state index is -0.540. The molecule has 8 nitrogen and oxygen atoms in total. The number of thioether (sulfide) groups is 1. The molecule has 0 atom stereocenters. The van der Waals surface area contributed by atoms with Gasteiger partial charge < -0.3 is 10.6 Å². The highest BCUT2D eigenvalue weighted by atomic mass is 32.2. The van der Waals surface area contributed by atoms with Gasteiger partial charge in [-0.05, 0) is 18.2 Å². The predicted molar refractivity (Wildman–Crippen MR) is 117 cm³/mol. The first-order chi connectivity index (χ1) is 14.8. The lowest BCUT2D eigenvalue weighted by Crippen LogP contribution is -2.20. The Hall–Kier alpha value is -3.53. The fourth-order valence-electron chi connectivity index (χ4n) is 2.52. The first-order valence-corrected chi connectivity index (χ1v) is 10.4. The third-order valence-corrected chi connectivity index (χ3v) is 4.99. The molecule has 0 spiro atoms. The number of halogens is 1. The van der Waals surface area contributed by atoms with Crippen LogP contribution in [0.3, 0.4) is 0 Å². The van der Waals surface area contributed by atoms with E-state index >= 15 is 0 Å². The van der Waals surface area contributed by atoms with E-state index in [2.05, 4.69) is 25.8 Å². The second kappa shape index (κ2) is 9.98. The van der Waals surface area contributed by atoms with Crippen LogP contribution in [-0.4, -0.2) is 32.7 Å². The molecule has 0 bridgehead atoms. The number of para-hydroxylation sites is 2. The number of hydrogen-bond donors (Lipinski definition) is 3. The van der Waals surface area contributed by atoms with E-state index in [4.69, 9.17) is 0 Å². The van der Waals surface area contributed by atoms with E-state index in [-0.39, 0.29) is 34.1 Å². The molecular formula is C21H20FN5O3S.